The number of carbonyl (C=O) groups excluding carboxylic acids is 17. The first-order valence-electron chi connectivity index (χ1n) is 45.6. The maximum atomic E-state index is 15.8. The number of nitrogens with two attached hydrogens (primary N) is 3. The number of primary amides is 2. The molecule has 3 aromatic carbocycles. The van der Waals surface area contributed by atoms with Gasteiger partial charge in [-0.2, -0.15) is 0 Å². The number of aromatic amines is 3. The minimum Gasteiger partial charge on any atom is -0.394 e. The third-order valence-electron chi connectivity index (χ3n) is 24.4. The minimum atomic E-state index is -1.90. The molecule has 6 heterocycles. The van der Waals surface area contributed by atoms with Gasteiger partial charge in [0.15, 0.2) is 5.96 Å². The lowest BCUT2D eigenvalue weighted by Gasteiger charge is -2.36. The second kappa shape index (κ2) is 51.3. The van der Waals surface area contributed by atoms with Gasteiger partial charge in [0, 0.05) is 125 Å². The number of amides is 17. The Morgan fingerprint density at radius 1 is 0.562 bits per heavy atom. The number of rotatable bonds is 26. The zero-order chi connectivity index (χ0) is 100. The summed E-state index contributed by atoms with van der Waals surface area (Å²) in [5.41, 5.74) is 19.7. The number of nitrogens with zero attached hydrogens (tertiary/aromatic N) is 6. The van der Waals surface area contributed by atoms with Crippen LogP contribution in [0.25, 0.3) is 21.8 Å². The van der Waals surface area contributed by atoms with E-state index in [-0.39, 0.29) is 99.7 Å². The summed E-state index contributed by atoms with van der Waals surface area (Å²) in [6.07, 6.45) is 3.58. The van der Waals surface area contributed by atoms with E-state index in [1.165, 1.54) is 58.8 Å². The maximum Gasteiger partial charge on any atom is 0.246 e. The summed E-state index contributed by atoms with van der Waals surface area (Å²) >= 11 is 13.5. The van der Waals surface area contributed by atoms with E-state index < -0.39 is 241 Å². The number of hydrogen-bond acceptors (Lipinski definition) is 22. The van der Waals surface area contributed by atoms with E-state index in [9.17, 15) is 53.4 Å². The van der Waals surface area contributed by atoms with Crippen LogP contribution in [0.15, 0.2) is 91.6 Å². The van der Waals surface area contributed by atoms with Crippen LogP contribution in [-0.2, 0) is 107 Å². The van der Waals surface area contributed by atoms with Crippen LogP contribution < -0.4 is 75.7 Å². The molecule has 0 aliphatic carbocycles. The number of benzene rings is 3. The zero-order valence-electron chi connectivity index (χ0n) is 77.8. The van der Waals surface area contributed by atoms with E-state index in [1.54, 1.807) is 74.8 Å². The molecule has 46 heteroatoms. The average molecular weight is 1960 g/mol. The fourth-order valence-corrected chi connectivity index (χ4v) is 18.0. The Morgan fingerprint density at radius 2 is 1.11 bits per heavy atom. The first-order valence-corrected chi connectivity index (χ1v) is 47.6. The molecule has 0 radical (unpaired) electrons. The van der Waals surface area contributed by atoms with Gasteiger partial charge >= 0.3 is 0 Å². The molecule has 43 nitrogen and oxygen atoms in total. The van der Waals surface area contributed by atoms with Crippen molar-refractivity contribution in [1.29, 1.82) is 5.41 Å². The molecule has 744 valence electrons. The molecule has 3 saturated heterocycles. The largest absolute Gasteiger partial charge is 0.394 e. The van der Waals surface area contributed by atoms with Gasteiger partial charge in [-0.3, -0.25) is 86.9 Å². The van der Waals surface area contributed by atoms with Crippen LogP contribution in [0.2, 0.25) is 10.0 Å². The van der Waals surface area contributed by atoms with Crippen LogP contribution in [0.4, 0.5) is 0 Å². The summed E-state index contributed by atoms with van der Waals surface area (Å²) in [4.78, 5) is 270. The molecule has 137 heavy (non-hydrogen) atoms. The number of nitrogens with one attached hydrogen (secondary N) is 15. The van der Waals surface area contributed by atoms with Crippen molar-refractivity contribution >= 4 is 163 Å². The minimum absolute atomic E-state index is 0.0142. The van der Waals surface area contributed by atoms with Crippen LogP contribution >= 0.6 is 35.0 Å². The van der Waals surface area contributed by atoms with Gasteiger partial charge in [0.05, 0.1) is 47.8 Å². The average Bonchev–Trinajstić information content (AvgIpc) is 1.76. The van der Waals surface area contributed by atoms with Crippen molar-refractivity contribution in [1.82, 2.24) is 103 Å². The first kappa shape index (κ1) is 108. The SMILES string of the molecule is CCCC[C@H]1C(=O)N(C)[C@@H](CCCC)C(=O)N[C@@H](CCCNC(=N)N)C(=O)N[C@H](C(=O)NCC(N)=O)CSCC(=O)N[C@@H](Cc2ccc(Cl)c(Cl)c2)C(=O)N(C)[C@@H](C)C(=O)NC(CC(N)=O)C(=O)N2CCC[C@H]2C(=O)N[C@@H](Cc2cnc[nH]2)C(=O)N[C@@H](CC(C)C)C(=O)N2C[C@H](O)CC2C(=O)N[C@@H](Cc2c[nH]c3ccccc23)C(=O)N[C@@H](CO)C(=O)N[C@@H](Cc2c[nH]c3ccccc23)C(=O)N1C. The predicted octanol–water partition coefficient (Wildman–Crippen LogP) is -1.33. The Labute approximate surface area is 805 Å². The Balaban J connectivity index is 1.11. The normalized spacial score (nSPS) is 24.6. The van der Waals surface area contributed by atoms with Crippen molar-refractivity contribution in [2.45, 2.75) is 234 Å². The number of halogens is 2. The van der Waals surface area contributed by atoms with Gasteiger partial charge in [0.25, 0.3) is 0 Å². The molecule has 3 aliphatic heterocycles. The van der Waals surface area contributed by atoms with Crippen molar-refractivity contribution in [3.8, 4) is 0 Å². The van der Waals surface area contributed by atoms with E-state index in [0.29, 0.717) is 69.9 Å². The summed E-state index contributed by atoms with van der Waals surface area (Å²) in [5.74, 6) is -18.0. The Kier molecular flexibility index (Phi) is 40.3. The summed E-state index contributed by atoms with van der Waals surface area (Å²) in [7, 11) is 3.90. The number of unbranched alkanes of at least 4 members (excludes halogenated alkanes) is 2. The Bertz CT molecular complexity index is 5330. The van der Waals surface area contributed by atoms with Gasteiger partial charge in [-0.1, -0.05) is 119 Å². The lowest BCUT2D eigenvalue weighted by atomic mass is 10.00. The Hall–Kier alpha value is -12.9. The number of aromatic nitrogens is 4. The number of likely N-dealkylation sites (N-methyl/N-ethyl adjacent to an activating group) is 3. The highest BCUT2D eigenvalue weighted by molar-refractivity contribution is 8.00. The summed E-state index contributed by atoms with van der Waals surface area (Å²) in [6, 6.07) is -3.54. The molecule has 0 bridgehead atoms. The van der Waals surface area contributed by atoms with Crippen LogP contribution in [0.3, 0.4) is 0 Å². The predicted molar refractivity (Wildman–Crippen MR) is 508 cm³/mol. The number of hydrogen-bond donors (Lipinski definition) is 20. The zero-order valence-corrected chi connectivity index (χ0v) is 80.1. The highest BCUT2D eigenvalue weighted by atomic mass is 35.5. The number of imidazole rings is 1. The monoisotopic (exact) mass is 1960 g/mol. The highest BCUT2D eigenvalue weighted by Gasteiger charge is 2.47. The van der Waals surface area contributed by atoms with Crippen LogP contribution in [0, 0.1) is 11.3 Å². The van der Waals surface area contributed by atoms with Crippen LogP contribution in [0.1, 0.15) is 140 Å². The van der Waals surface area contributed by atoms with Gasteiger partial charge in [-0.05, 0) is 98.7 Å². The molecule has 6 aromatic rings. The highest BCUT2D eigenvalue weighted by Crippen LogP contribution is 2.29. The Morgan fingerprint density at radius 3 is 1.71 bits per heavy atom. The van der Waals surface area contributed by atoms with Crippen molar-refractivity contribution in [2.24, 2.45) is 23.1 Å². The lowest BCUT2D eigenvalue weighted by Crippen LogP contribution is -2.62. The summed E-state index contributed by atoms with van der Waals surface area (Å²) in [5, 5.41) is 61.1. The van der Waals surface area contributed by atoms with Gasteiger partial charge in [-0.15, -0.1) is 11.8 Å². The number of H-pyrrole nitrogens is 3. The second-order valence-electron chi connectivity index (χ2n) is 35.1. The quantitative estimate of drug-likeness (QED) is 0.0170. The van der Waals surface area contributed by atoms with Gasteiger partial charge in [0.1, 0.15) is 84.6 Å². The molecule has 2 unspecified atom stereocenters. The molecule has 3 aliphatic rings. The molecule has 3 aromatic heterocycles. The molecule has 3 fully saturated rings. The van der Waals surface area contributed by atoms with Gasteiger partial charge in [-0.25, -0.2) is 4.98 Å². The number of para-hydroxylation sites is 2. The van der Waals surface area contributed by atoms with E-state index in [4.69, 9.17) is 45.8 Å². The third kappa shape index (κ3) is 30.0. The number of aliphatic hydroxyl groups is 2. The topological polar surface area (TPSA) is 641 Å². The van der Waals surface area contributed by atoms with E-state index in [0.717, 1.165) is 36.3 Å². The fraction of sp³-hybridized carbons (Fsp3) is 0.527. The fourth-order valence-electron chi connectivity index (χ4n) is 16.8. The standard InChI is InChI=1S/C91H126Cl2N24O19S/c1-9-11-24-70-83(129)105-61(23-17-29-99-91(96)97)79(125)112-69(78(124)102-42-75(95)121)45-137-46-76(122)104-65(33-50-27-28-57(92)58(93)32-50)86(132)113(6)49(5)77(123)108-67(38-74(94)120)88(134)116-30-18-26-71(116)84(130)107-63(36-53-41-98-47-103-53)81(127)109-64(31-48(3)4)89(135)117-43-54(119)37-73(117)85(131)106-62(34-51-39-100-59-21-15-13-19-55(51)59)80(126)111-68(44-118)82(128)110-66(35-52-40-101-60-22-16-14-20-56(52)60)87(133)115(8)72(25-12-10-2)90(136)114(70)7/h13-16,19-22,27-28,32,39-41,47-49,54,61-73,100-101,118-119H,9-12,17-18,23-26,29-31,33-38,42-46H2,1-8H3,(H2,94,120)(H2,95,121)(H,98,103)(H,102,124)(H,104,122)(H,105,129)(H,106,131)(H,107,130)(H,108,123)(H,109,127)(H,110,128)(H,111,126)(H,112,125)(H4,96,97,99)/t49-,54+,61-,62-,63-,64-,65-,66-,67?,68-,69-,70-,71-,72-,73?/m0/s1. The molecule has 0 saturated carbocycles. The molecular formula is C91H126Cl2N24O19S. The van der Waals surface area contributed by atoms with Crippen LogP contribution in [-0.4, -0.2) is 317 Å². The van der Waals surface area contributed by atoms with Crippen molar-refractivity contribution in [2.75, 3.05) is 65.4 Å². The van der Waals surface area contributed by atoms with Crippen LogP contribution in [0.5, 0.6) is 0 Å². The summed E-state index contributed by atoms with van der Waals surface area (Å²) in [6.45, 7) is 5.99. The van der Waals surface area contributed by atoms with E-state index in [1.807, 2.05) is 13.8 Å². The number of guanidine groups is 1. The smallest absolute Gasteiger partial charge is 0.246 e. The number of aliphatic hydroxyl groups excluding tert-OH is 2. The summed E-state index contributed by atoms with van der Waals surface area (Å²) < 4.78 is 0. The lowest BCUT2D eigenvalue weighted by molar-refractivity contribution is -0.149. The number of carbonyl (C=O) groups is 17. The molecule has 17 amide bonds. The van der Waals surface area contributed by atoms with E-state index in [2.05, 4.69) is 78.4 Å². The molecule has 0 spiro atoms. The molecule has 15 atom stereocenters. The first-order chi connectivity index (χ1) is 65.2. The third-order valence-corrected chi connectivity index (χ3v) is 26.1. The van der Waals surface area contributed by atoms with Crippen molar-refractivity contribution in [3.05, 3.63) is 124 Å². The molecular weight excluding hydrogens is 1840 g/mol. The van der Waals surface area contributed by atoms with E-state index >= 15 is 38.4 Å². The van der Waals surface area contributed by atoms with Crippen molar-refractivity contribution < 1.29 is 91.7 Å². The van der Waals surface area contributed by atoms with Gasteiger partial charge < -0.3 is 125 Å². The van der Waals surface area contributed by atoms with Crippen molar-refractivity contribution in [3.63, 3.8) is 0 Å². The molecule has 23 N–H and O–H groups in total. The van der Waals surface area contributed by atoms with Gasteiger partial charge in [0.2, 0.25) is 100 Å². The molecule has 9 rings (SSSR count). The second-order valence-corrected chi connectivity index (χ2v) is 36.9. The maximum absolute atomic E-state index is 15.8. The number of thioether (sulfide) groups is 1. The number of fused-ring (bicyclic) bond motifs is 4.